The van der Waals surface area contributed by atoms with Gasteiger partial charge in [0.05, 0.1) is 17.3 Å². The number of benzene rings is 2. The lowest BCUT2D eigenvalue weighted by Gasteiger charge is -2.18. The van der Waals surface area contributed by atoms with Crippen LogP contribution in [0.3, 0.4) is 0 Å². The normalized spacial score (nSPS) is 14.0. The molecule has 4 aromatic rings. The summed E-state index contributed by atoms with van der Waals surface area (Å²) in [5.74, 6) is 0.204. The van der Waals surface area contributed by atoms with Crippen molar-refractivity contribution >= 4 is 28.6 Å². The monoisotopic (exact) mass is 472 g/mol. The van der Waals surface area contributed by atoms with Crippen molar-refractivity contribution in [2.24, 2.45) is 0 Å². The molecule has 0 saturated heterocycles. The van der Waals surface area contributed by atoms with Crippen molar-refractivity contribution in [2.75, 3.05) is 5.32 Å². The Morgan fingerprint density at radius 1 is 1.14 bits per heavy atom. The van der Waals surface area contributed by atoms with Gasteiger partial charge in [-0.1, -0.05) is 47.6 Å². The van der Waals surface area contributed by atoms with Gasteiger partial charge in [-0.3, -0.25) is 19.0 Å². The molecular weight excluding hydrogens is 448 g/mol. The standard InChI is InChI=1S/C26H24N4O5/c1-16-15-21(29-35-16)28-25(32)24(17-7-3-2-4-8-17)34-23(31)14-13-22-27-20-10-6-5-9-19(20)26(33)30(22)18-11-12-18/h2-10,15,18,24H,11-14H2,1H3,(H,28,29,32). The minimum Gasteiger partial charge on any atom is -0.447 e. The van der Waals surface area contributed by atoms with Gasteiger partial charge < -0.3 is 14.6 Å². The van der Waals surface area contributed by atoms with E-state index < -0.39 is 18.0 Å². The van der Waals surface area contributed by atoms with E-state index in [1.165, 1.54) is 0 Å². The summed E-state index contributed by atoms with van der Waals surface area (Å²) in [6.07, 6.45) is 0.846. The number of fused-ring (bicyclic) bond motifs is 1. The third kappa shape index (κ3) is 4.98. The SMILES string of the molecule is Cc1cc(NC(=O)C(OC(=O)CCc2nc3ccccc3c(=O)n2C2CC2)c2ccccc2)no1. The van der Waals surface area contributed by atoms with Gasteiger partial charge in [-0.2, -0.15) is 0 Å². The van der Waals surface area contributed by atoms with Crippen LogP contribution in [0.2, 0.25) is 0 Å². The molecule has 5 rings (SSSR count). The number of anilines is 1. The first-order valence-corrected chi connectivity index (χ1v) is 11.5. The number of rotatable bonds is 8. The zero-order valence-corrected chi connectivity index (χ0v) is 19.1. The number of nitrogens with one attached hydrogen (secondary N) is 1. The molecule has 0 spiro atoms. The van der Waals surface area contributed by atoms with Crippen LogP contribution < -0.4 is 10.9 Å². The molecule has 2 aromatic carbocycles. The Kier molecular flexibility index (Phi) is 6.13. The second kappa shape index (κ2) is 9.54. The van der Waals surface area contributed by atoms with Crippen molar-refractivity contribution < 1.29 is 18.8 Å². The van der Waals surface area contributed by atoms with Crippen LogP contribution >= 0.6 is 0 Å². The Balaban J connectivity index is 1.34. The molecule has 2 aromatic heterocycles. The number of aryl methyl sites for hydroxylation is 2. The highest BCUT2D eigenvalue weighted by atomic mass is 16.5. The lowest BCUT2D eigenvalue weighted by atomic mass is 10.1. The first-order valence-electron chi connectivity index (χ1n) is 11.5. The molecule has 2 heterocycles. The van der Waals surface area contributed by atoms with Crippen molar-refractivity contribution in [3.8, 4) is 0 Å². The Hall–Kier alpha value is -4.27. The lowest BCUT2D eigenvalue weighted by molar-refractivity contribution is -0.154. The van der Waals surface area contributed by atoms with Gasteiger partial charge in [0.1, 0.15) is 11.6 Å². The zero-order chi connectivity index (χ0) is 24.4. The van der Waals surface area contributed by atoms with E-state index in [2.05, 4.69) is 15.5 Å². The summed E-state index contributed by atoms with van der Waals surface area (Å²) in [7, 11) is 0. The van der Waals surface area contributed by atoms with Crippen LogP contribution in [0.1, 0.15) is 48.6 Å². The molecular formula is C26H24N4O5. The van der Waals surface area contributed by atoms with Gasteiger partial charge in [0, 0.05) is 24.1 Å². The third-order valence-electron chi connectivity index (χ3n) is 5.81. The maximum atomic E-state index is 13.0. The van der Waals surface area contributed by atoms with E-state index in [4.69, 9.17) is 9.26 Å². The number of hydrogen-bond acceptors (Lipinski definition) is 7. The summed E-state index contributed by atoms with van der Waals surface area (Å²) in [5, 5.41) is 6.95. The Morgan fingerprint density at radius 2 is 1.89 bits per heavy atom. The largest absolute Gasteiger partial charge is 0.447 e. The number of ether oxygens (including phenoxy) is 1. The molecule has 9 heteroatoms. The van der Waals surface area contributed by atoms with Crippen LogP contribution in [0.25, 0.3) is 10.9 Å². The average molecular weight is 473 g/mol. The van der Waals surface area contributed by atoms with E-state index in [1.807, 2.05) is 18.2 Å². The molecule has 1 atom stereocenters. The van der Waals surface area contributed by atoms with Crippen LogP contribution in [-0.4, -0.2) is 26.6 Å². The Morgan fingerprint density at radius 3 is 2.60 bits per heavy atom. The number of aromatic nitrogens is 3. The number of nitrogens with zero attached hydrogens (tertiary/aromatic N) is 3. The van der Waals surface area contributed by atoms with Gasteiger partial charge in [0.25, 0.3) is 11.5 Å². The average Bonchev–Trinajstić information content (AvgIpc) is 3.62. The number of esters is 1. The molecule has 1 amide bonds. The smallest absolute Gasteiger partial charge is 0.307 e. The molecule has 178 valence electrons. The summed E-state index contributed by atoms with van der Waals surface area (Å²) in [5.41, 5.74) is 1.03. The summed E-state index contributed by atoms with van der Waals surface area (Å²) in [6.45, 7) is 1.71. The van der Waals surface area contributed by atoms with E-state index in [-0.39, 0.29) is 30.3 Å². The van der Waals surface area contributed by atoms with Crippen molar-refractivity contribution in [3.63, 3.8) is 0 Å². The van der Waals surface area contributed by atoms with Gasteiger partial charge in [0.15, 0.2) is 5.82 Å². The van der Waals surface area contributed by atoms with Crippen LogP contribution in [0.4, 0.5) is 5.82 Å². The predicted octanol–water partition coefficient (Wildman–Crippen LogP) is 3.88. The van der Waals surface area contributed by atoms with Crippen molar-refractivity contribution in [1.29, 1.82) is 0 Å². The highest BCUT2D eigenvalue weighted by Crippen LogP contribution is 2.35. The third-order valence-corrected chi connectivity index (χ3v) is 5.81. The van der Waals surface area contributed by atoms with Gasteiger partial charge in [-0.05, 0) is 31.9 Å². The molecule has 1 unspecified atom stereocenters. The molecule has 1 N–H and O–H groups in total. The summed E-state index contributed by atoms with van der Waals surface area (Å²) in [6, 6.07) is 17.6. The van der Waals surface area contributed by atoms with E-state index in [1.54, 1.807) is 54.0 Å². The van der Waals surface area contributed by atoms with Gasteiger partial charge >= 0.3 is 5.97 Å². The van der Waals surface area contributed by atoms with Crippen molar-refractivity contribution in [2.45, 2.75) is 44.8 Å². The summed E-state index contributed by atoms with van der Waals surface area (Å²) >= 11 is 0. The minimum absolute atomic E-state index is 0.0306. The predicted molar refractivity (Wildman–Crippen MR) is 128 cm³/mol. The topological polar surface area (TPSA) is 116 Å². The number of amides is 1. The molecule has 1 saturated carbocycles. The second-order valence-electron chi connectivity index (χ2n) is 8.54. The number of carbonyl (C=O) groups is 2. The number of hydrogen-bond donors (Lipinski definition) is 1. The van der Waals surface area contributed by atoms with Crippen molar-refractivity contribution in [3.05, 3.63) is 88.2 Å². The van der Waals surface area contributed by atoms with E-state index in [9.17, 15) is 14.4 Å². The second-order valence-corrected chi connectivity index (χ2v) is 8.54. The molecule has 1 fully saturated rings. The first kappa shape index (κ1) is 22.5. The van der Waals surface area contributed by atoms with Gasteiger partial charge in [-0.25, -0.2) is 4.98 Å². The summed E-state index contributed by atoms with van der Waals surface area (Å²) in [4.78, 5) is 43.5. The lowest BCUT2D eigenvalue weighted by Crippen LogP contribution is -2.27. The van der Waals surface area contributed by atoms with Crippen LogP contribution in [0, 0.1) is 6.92 Å². The van der Waals surface area contributed by atoms with E-state index in [0.29, 0.717) is 28.1 Å². The highest BCUT2D eigenvalue weighted by molar-refractivity contribution is 5.95. The molecule has 0 bridgehead atoms. The highest BCUT2D eigenvalue weighted by Gasteiger charge is 2.29. The zero-order valence-electron chi connectivity index (χ0n) is 19.1. The summed E-state index contributed by atoms with van der Waals surface area (Å²) < 4.78 is 12.3. The maximum absolute atomic E-state index is 13.0. The fourth-order valence-corrected chi connectivity index (χ4v) is 4.00. The molecule has 35 heavy (non-hydrogen) atoms. The maximum Gasteiger partial charge on any atom is 0.307 e. The molecule has 1 aliphatic carbocycles. The van der Waals surface area contributed by atoms with E-state index in [0.717, 1.165) is 12.8 Å². The molecule has 0 aliphatic heterocycles. The van der Waals surface area contributed by atoms with Crippen LogP contribution in [0.15, 0.2) is 70.0 Å². The van der Waals surface area contributed by atoms with Gasteiger partial charge in [0.2, 0.25) is 6.10 Å². The number of carbonyl (C=O) groups excluding carboxylic acids is 2. The first-order chi connectivity index (χ1) is 17.0. The fraction of sp³-hybridized carbons (Fsp3) is 0.269. The fourth-order valence-electron chi connectivity index (χ4n) is 4.00. The quantitative estimate of drug-likeness (QED) is 0.387. The van der Waals surface area contributed by atoms with Gasteiger partial charge in [-0.15, -0.1) is 0 Å². The number of para-hydroxylation sites is 1. The molecule has 9 nitrogen and oxygen atoms in total. The minimum atomic E-state index is -1.17. The Labute approximate surface area is 200 Å². The van der Waals surface area contributed by atoms with Crippen LogP contribution in [-0.2, 0) is 20.7 Å². The van der Waals surface area contributed by atoms with Crippen LogP contribution in [0.5, 0.6) is 0 Å². The van der Waals surface area contributed by atoms with E-state index >= 15 is 0 Å². The molecule has 0 radical (unpaired) electrons. The molecule has 1 aliphatic rings. The van der Waals surface area contributed by atoms with Crippen molar-refractivity contribution in [1.82, 2.24) is 14.7 Å². The Bertz CT molecular complexity index is 1440.